The van der Waals surface area contributed by atoms with Gasteiger partial charge < -0.3 is 10.8 Å². The molecule has 25 heavy (non-hydrogen) atoms. The first kappa shape index (κ1) is 21.6. The fraction of sp³-hybridized carbons (Fsp3) is 0.700. The summed E-state index contributed by atoms with van der Waals surface area (Å²) >= 11 is 0. The van der Waals surface area contributed by atoms with E-state index >= 15 is 0 Å². The van der Waals surface area contributed by atoms with Gasteiger partial charge in [0.15, 0.2) is 6.54 Å². The van der Waals surface area contributed by atoms with Gasteiger partial charge in [-0.2, -0.15) is 0 Å². The lowest BCUT2D eigenvalue weighted by Crippen LogP contribution is -2.52. The van der Waals surface area contributed by atoms with Crippen LogP contribution in [0.4, 0.5) is 0 Å². The molecule has 0 spiro atoms. The van der Waals surface area contributed by atoms with Gasteiger partial charge in [-0.05, 0) is 19.3 Å². The molecule has 1 aliphatic heterocycles. The Kier molecular flexibility index (Phi) is 11.1. The van der Waals surface area contributed by atoms with E-state index < -0.39 is 5.97 Å². The second-order valence-corrected chi connectivity index (χ2v) is 6.95. The minimum Gasteiger partial charge on any atom is -0.477 e. The normalized spacial score (nSPS) is 19.2. The van der Waals surface area contributed by atoms with Gasteiger partial charge in [0.05, 0.1) is 6.20 Å². The highest BCUT2D eigenvalue weighted by atomic mass is 16.4. The number of carboxylic acids is 1. The predicted molar refractivity (Wildman–Crippen MR) is 104 cm³/mol. The number of hydrogen-bond acceptors (Lipinski definition) is 3. The van der Waals surface area contributed by atoms with E-state index in [4.69, 9.17) is 5.73 Å². The van der Waals surface area contributed by atoms with Crippen LogP contribution in [0.1, 0.15) is 70.6 Å². The number of unbranched alkanes of at least 4 members (excludes halogenated alkanes) is 9. The molecule has 0 amide bonds. The van der Waals surface area contributed by atoms with Gasteiger partial charge in [0.2, 0.25) is 5.84 Å². The second kappa shape index (κ2) is 12.8. The zero-order valence-corrected chi connectivity index (χ0v) is 15.7. The molecule has 0 aromatic rings. The first-order valence-corrected chi connectivity index (χ1v) is 9.79. The minimum atomic E-state index is -0.805. The quantitative estimate of drug-likeness (QED) is 0.249. The fourth-order valence-corrected chi connectivity index (χ4v) is 3.44. The van der Waals surface area contributed by atoms with Crippen molar-refractivity contribution < 1.29 is 14.4 Å². The standard InChI is InChI=1S/C20H35N3O2/c1-2-3-4-5-6-7-8-9-10-11-12-13-19-22-15-17-23(19,16-14-21)18-20(24)25/h2,15,17H,1,3-14,16,18,21H2/p+1. The zero-order chi connectivity index (χ0) is 18.4. The molecule has 0 fully saturated rings. The van der Waals surface area contributed by atoms with Crippen molar-refractivity contribution in [3.05, 3.63) is 25.1 Å². The summed E-state index contributed by atoms with van der Waals surface area (Å²) in [6.07, 6.45) is 19.0. The van der Waals surface area contributed by atoms with Crippen LogP contribution in [0.3, 0.4) is 0 Å². The summed E-state index contributed by atoms with van der Waals surface area (Å²) in [6.45, 7) is 4.86. The number of quaternary nitrogens is 1. The van der Waals surface area contributed by atoms with Gasteiger partial charge in [0.25, 0.3) is 0 Å². The molecule has 0 aliphatic carbocycles. The monoisotopic (exact) mass is 350 g/mol. The lowest BCUT2D eigenvalue weighted by Gasteiger charge is -2.30. The van der Waals surface area contributed by atoms with Gasteiger partial charge in [-0.15, -0.1) is 6.58 Å². The highest BCUT2D eigenvalue weighted by Gasteiger charge is 2.36. The molecule has 0 saturated carbocycles. The highest BCUT2D eigenvalue weighted by molar-refractivity contribution is 5.81. The van der Waals surface area contributed by atoms with Crippen LogP contribution in [0.2, 0.25) is 0 Å². The van der Waals surface area contributed by atoms with Crippen LogP contribution in [-0.2, 0) is 4.79 Å². The Morgan fingerprint density at radius 2 is 1.72 bits per heavy atom. The molecule has 1 unspecified atom stereocenters. The molecule has 0 saturated heterocycles. The summed E-state index contributed by atoms with van der Waals surface area (Å²) in [6, 6.07) is 0. The predicted octanol–water partition coefficient (Wildman–Crippen LogP) is 4.21. The Morgan fingerprint density at radius 3 is 2.28 bits per heavy atom. The fourth-order valence-electron chi connectivity index (χ4n) is 3.44. The van der Waals surface area contributed by atoms with Crippen LogP contribution in [0.25, 0.3) is 0 Å². The number of hydrogen-bond donors (Lipinski definition) is 2. The Bertz CT molecular complexity index is 460. The van der Waals surface area contributed by atoms with Crippen LogP contribution < -0.4 is 5.73 Å². The molecule has 0 bridgehead atoms. The van der Waals surface area contributed by atoms with Crippen LogP contribution in [-0.4, -0.2) is 41.0 Å². The van der Waals surface area contributed by atoms with E-state index in [0.717, 1.165) is 25.1 Å². The van der Waals surface area contributed by atoms with Crippen LogP contribution >= 0.6 is 0 Å². The third kappa shape index (κ3) is 8.45. The molecule has 5 nitrogen and oxygen atoms in total. The summed E-state index contributed by atoms with van der Waals surface area (Å²) in [7, 11) is 0. The number of rotatable bonds is 16. The first-order valence-electron chi connectivity index (χ1n) is 9.79. The lowest BCUT2D eigenvalue weighted by atomic mass is 10.1. The van der Waals surface area contributed by atoms with E-state index in [1.807, 2.05) is 12.3 Å². The molecule has 1 rings (SSSR count). The van der Waals surface area contributed by atoms with E-state index in [1.165, 1.54) is 51.4 Å². The number of carboxylic acid groups (broad SMARTS) is 1. The molecular formula is C20H36N3O2+. The summed E-state index contributed by atoms with van der Waals surface area (Å²) in [4.78, 5) is 15.6. The van der Waals surface area contributed by atoms with E-state index in [-0.39, 0.29) is 6.54 Å². The van der Waals surface area contributed by atoms with Gasteiger partial charge in [0, 0.05) is 13.0 Å². The molecule has 1 heterocycles. The Hall–Kier alpha value is -1.46. The van der Waals surface area contributed by atoms with Crippen molar-refractivity contribution in [2.24, 2.45) is 10.7 Å². The van der Waals surface area contributed by atoms with Gasteiger partial charge in [0.1, 0.15) is 12.7 Å². The van der Waals surface area contributed by atoms with Gasteiger partial charge in [-0.3, -0.25) is 0 Å². The maximum absolute atomic E-state index is 11.2. The summed E-state index contributed by atoms with van der Waals surface area (Å²) in [5, 5.41) is 9.19. The minimum absolute atomic E-state index is 0.0401. The van der Waals surface area contributed by atoms with Gasteiger partial charge in [-0.1, -0.05) is 51.0 Å². The van der Waals surface area contributed by atoms with Crippen LogP contribution in [0.5, 0.6) is 0 Å². The lowest BCUT2D eigenvalue weighted by molar-refractivity contribution is -0.778. The number of aliphatic carboxylic acids is 1. The van der Waals surface area contributed by atoms with Gasteiger partial charge in [-0.25, -0.2) is 14.3 Å². The van der Waals surface area contributed by atoms with Crippen molar-refractivity contribution in [2.75, 3.05) is 19.6 Å². The molecule has 0 aromatic carbocycles. The number of nitrogens with zero attached hydrogens (tertiary/aromatic N) is 2. The third-order valence-corrected chi connectivity index (χ3v) is 4.84. The van der Waals surface area contributed by atoms with Crippen LogP contribution in [0, 0.1) is 0 Å². The van der Waals surface area contributed by atoms with Crippen LogP contribution in [0.15, 0.2) is 30.0 Å². The molecular weight excluding hydrogens is 314 g/mol. The van der Waals surface area contributed by atoms with Crippen molar-refractivity contribution in [3.8, 4) is 0 Å². The van der Waals surface area contributed by atoms with Crippen molar-refractivity contribution in [1.29, 1.82) is 0 Å². The third-order valence-electron chi connectivity index (χ3n) is 4.84. The van der Waals surface area contributed by atoms with Crippen molar-refractivity contribution in [3.63, 3.8) is 0 Å². The number of amidine groups is 1. The van der Waals surface area contributed by atoms with Crippen molar-refractivity contribution in [1.82, 2.24) is 0 Å². The smallest absolute Gasteiger partial charge is 0.360 e. The highest BCUT2D eigenvalue weighted by Crippen LogP contribution is 2.21. The SMILES string of the molecule is C=CCCCCCCCCCCCC1=NC=C[N+]1(CCN)CC(=O)O. The zero-order valence-electron chi connectivity index (χ0n) is 15.7. The van der Waals surface area contributed by atoms with Crippen molar-refractivity contribution in [2.45, 2.75) is 70.6 Å². The summed E-state index contributed by atoms with van der Waals surface area (Å²) in [5.74, 6) is 0.149. The Labute approximate surface area is 152 Å². The number of nitrogens with two attached hydrogens (primary N) is 1. The molecule has 1 atom stereocenters. The second-order valence-electron chi connectivity index (χ2n) is 6.95. The van der Waals surface area contributed by atoms with E-state index in [0.29, 0.717) is 17.6 Å². The van der Waals surface area contributed by atoms with Crippen molar-refractivity contribution >= 4 is 11.8 Å². The number of allylic oxidation sites excluding steroid dienone is 1. The average Bonchev–Trinajstić information content (AvgIpc) is 2.94. The molecule has 3 N–H and O–H groups in total. The molecule has 0 radical (unpaired) electrons. The maximum atomic E-state index is 11.2. The average molecular weight is 351 g/mol. The number of aliphatic imine (C=N–C) groups is 1. The maximum Gasteiger partial charge on any atom is 0.360 e. The molecule has 0 aromatic heterocycles. The molecule has 5 heteroatoms. The summed E-state index contributed by atoms with van der Waals surface area (Å²) in [5.41, 5.74) is 5.69. The Balaban J connectivity index is 2.14. The summed E-state index contributed by atoms with van der Waals surface area (Å²) < 4.78 is 0.302. The number of carbonyl (C=O) groups is 1. The largest absolute Gasteiger partial charge is 0.477 e. The molecule has 142 valence electrons. The van der Waals surface area contributed by atoms with E-state index in [1.54, 1.807) is 6.20 Å². The van der Waals surface area contributed by atoms with E-state index in [9.17, 15) is 9.90 Å². The molecule has 1 aliphatic rings. The first-order chi connectivity index (χ1) is 12.1. The van der Waals surface area contributed by atoms with E-state index in [2.05, 4.69) is 11.6 Å². The van der Waals surface area contributed by atoms with Gasteiger partial charge >= 0.3 is 5.97 Å². The Morgan fingerprint density at radius 1 is 1.12 bits per heavy atom. The topological polar surface area (TPSA) is 75.7 Å².